The Morgan fingerprint density at radius 1 is 1.31 bits per heavy atom. The second-order valence-electron chi connectivity index (χ2n) is 3.55. The van der Waals surface area contributed by atoms with E-state index in [1.54, 1.807) is 6.20 Å². The number of anilines is 1. The van der Waals surface area contributed by atoms with Gasteiger partial charge in [-0.15, -0.1) is 0 Å². The number of halogens is 1. The summed E-state index contributed by atoms with van der Waals surface area (Å²) in [6, 6.07) is 7.89. The van der Waals surface area contributed by atoms with Gasteiger partial charge in [0.1, 0.15) is 17.3 Å². The van der Waals surface area contributed by atoms with E-state index < -0.39 is 0 Å². The van der Waals surface area contributed by atoms with E-state index in [-0.39, 0.29) is 0 Å². The number of aryl methyl sites for hydroxylation is 1. The van der Waals surface area contributed by atoms with Crippen molar-refractivity contribution in [1.29, 1.82) is 0 Å². The maximum atomic E-state index is 5.47. The van der Waals surface area contributed by atoms with Crippen molar-refractivity contribution < 1.29 is 4.42 Å². The maximum Gasteiger partial charge on any atom is 0.125 e. The number of furan rings is 1. The van der Waals surface area contributed by atoms with E-state index in [2.05, 4.69) is 26.2 Å². The van der Waals surface area contributed by atoms with E-state index >= 15 is 0 Å². The molecule has 84 valence electrons. The average Bonchev–Trinajstić information content (AvgIpc) is 2.67. The van der Waals surface area contributed by atoms with E-state index in [0.717, 1.165) is 34.8 Å². The first-order chi connectivity index (χ1) is 7.74. The largest absolute Gasteiger partial charge is 0.466 e. The second kappa shape index (κ2) is 5.16. The maximum absolute atomic E-state index is 5.47. The minimum atomic E-state index is 0.821. The van der Waals surface area contributed by atoms with Gasteiger partial charge < -0.3 is 9.73 Å². The summed E-state index contributed by atoms with van der Waals surface area (Å²) in [6.07, 6.45) is 2.64. The molecule has 0 unspecified atom stereocenters. The van der Waals surface area contributed by atoms with Crippen molar-refractivity contribution in [1.82, 2.24) is 4.98 Å². The number of aromatic nitrogens is 1. The number of rotatable bonds is 4. The van der Waals surface area contributed by atoms with Crippen molar-refractivity contribution in [3.63, 3.8) is 0 Å². The van der Waals surface area contributed by atoms with E-state index in [9.17, 15) is 0 Å². The zero-order valence-electron chi connectivity index (χ0n) is 9.03. The van der Waals surface area contributed by atoms with Crippen molar-refractivity contribution in [3.05, 3.63) is 46.5 Å². The molecule has 2 heterocycles. The summed E-state index contributed by atoms with van der Waals surface area (Å²) < 4.78 is 6.46. The molecule has 2 rings (SSSR count). The summed E-state index contributed by atoms with van der Waals surface area (Å²) in [4.78, 5) is 4.23. The number of nitrogens with zero attached hydrogens (tertiary/aromatic N) is 1. The molecule has 0 aliphatic heterocycles. The van der Waals surface area contributed by atoms with Gasteiger partial charge in [0, 0.05) is 23.6 Å². The first kappa shape index (κ1) is 11.2. The molecule has 0 aromatic carbocycles. The molecule has 0 fully saturated rings. The van der Waals surface area contributed by atoms with Crippen molar-refractivity contribution in [2.45, 2.75) is 13.3 Å². The van der Waals surface area contributed by atoms with Gasteiger partial charge in [0.2, 0.25) is 0 Å². The Morgan fingerprint density at radius 2 is 2.19 bits per heavy atom. The Labute approximate surface area is 103 Å². The predicted octanol–water partition coefficient (Wildman–Crippen LogP) is 3.40. The van der Waals surface area contributed by atoms with E-state index in [4.69, 9.17) is 4.42 Å². The minimum Gasteiger partial charge on any atom is -0.466 e. The molecule has 0 atom stereocenters. The minimum absolute atomic E-state index is 0.821. The van der Waals surface area contributed by atoms with Crippen LogP contribution in [0.2, 0.25) is 0 Å². The first-order valence-corrected chi connectivity index (χ1v) is 5.94. The van der Waals surface area contributed by atoms with Gasteiger partial charge in [0.05, 0.1) is 0 Å². The Hall–Kier alpha value is -1.29. The van der Waals surface area contributed by atoms with Crippen LogP contribution < -0.4 is 5.32 Å². The Bertz CT molecular complexity index is 450. The standard InChI is InChI=1S/C12H13BrN2O/c1-9-2-4-11(16-9)6-7-14-12-5-3-10(13)8-15-12/h2-5,8H,6-7H2,1H3,(H,14,15). The smallest absolute Gasteiger partial charge is 0.125 e. The number of pyridine rings is 1. The van der Waals surface area contributed by atoms with Crippen LogP contribution in [-0.4, -0.2) is 11.5 Å². The lowest BCUT2D eigenvalue weighted by Gasteiger charge is -2.03. The average molecular weight is 281 g/mol. The van der Waals surface area contributed by atoms with Gasteiger partial charge in [-0.2, -0.15) is 0 Å². The highest BCUT2D eigenvalue weighted by atomic mass is 79.9. The van der Waals surface area contributed by atoms with Crippen LogP contribution in [-0.2, 0) is 6.42 Å². The summed E-state index contributed by atoms with van der Waals surface area (Å²) in [7, 11) is 0. The fourth-order valence-electron chi connectivity index (χ4n) is 1.41. The fourth-order valence-corrected chi connectivity index (χ4v) is 1.65. The molecule has 4 heteroatoms. The Kier molecular flexibility index (Phi) is 3.62. The van der Waals surface area contributed by atoms with Crippen molar-refractivity contribution in [2.75, 3.05) is 11.9 Å². The van der Waals surface area contributed by atoms with Gasteiger partial charge in [-0.1, -0.05) is 0 Å². The van der Waals surface area contributed by atoms with Crippen LogP contribution >= 0.6 is 15.9 Å². The zero-order valence-corrected chi connectivity index (χ0v) is 10.6. The molecule has 0 bridgehead atoms. The van der Waals surface area contributed by atoms with Gasteiger partial charge in [0.15, 0.2) is 0 Å². The monoisotopic (exact) mass is 280 g/mol. The van der Waals surface area contributed by atoms with Crippen LogP contribution in [0.15, 0.2) is 39.4 Å². The summed E-state index contributed by atoms with van der Waals surface area (Å²) in [6.45, 7) is 2.77. The third-order valence-corrected chi connectivity index (χ3v) is 2.67. The lowest BCUT2D eigenvalue weighted by atomic mass is 10.3. The molecule has 0 amide bonds. The number of hydrogen-bond acceptors (Lipinski definition) is 3. The van der Waals surface area contributed by atoms with Crippen molar-refractivity contribution in [2.24, 2.45) is 0 Å². The molecule has 0 aliphatic rings. The predicted molar refractivity (Wildman–Crippen MR) is 67.6 cm³/mol. The lowest BCUT2D eigenvalue weighted by molar-refractivity contribution is 0.486. The van der Waals surface area contributed by atoms with Crippen LogP contribution in [0.4, 0.5) is 5.82 Å². The molecule has 0 aliphatic carbocycles. The lowest BCUT2D eigenvalue weighted by Crippen LogP contribution is -2.05. The van der Waals surface area contributed by atoms with Gasteiger partial charge in [-0.05, 0) is 47.1 Å². The summed E-state index contributed by atoms with van der Waals surface area (Å²) in [5.74, 6) is 2.84. The van der Waals surface area contributed by atoms with Gasteiger partial charge in [-0.25, -0.2) is 4.98 Å². The highest BCUT2D eigenvalue weighted by molar-refractivity contribution is 9.10. The molecule has 0 saturated heterocycles. The van der Waals surface area contributed by atoms with Crippen molar-refractivity contribution in [3.8, 4) is 0 Å². The second-order valence-corrected chi connectivity index (χ2v) is 4.47. The highest BCUT2D eigenvalue weighted by Crippen LogP contribution is 2.11. The third-order valence-electron chi connectivity index (χ3n) is 2.20. The quantitative estimate of drug-likeness (QED) is 0.933. The van der Waals surface area contributed by atoms with Crippen LogP contribution in [0.25, 0.3) is 0 Å². The fraction of sp³-hybridized carbons (Fsp3) is 0.250. The molecular formula is C12H13BrN2O. The van der Waals surface area contributed by atoms with Crippen LogP contribution in [0.3, 0.4) is 0 Å². The molecule has 3 nitrogen and oxygen atoms in total. The Balaban J connectivity index is 1.82. The number of nitrogens with one attached hydrogen (secondary N) is 1. The van der Waals surface area contributed by atoms with Crippen LogP contribution in [0.1, 0.15) is 11.5 Å². The molecule has 0 spiro atoms. The molecule has 2 aromatic rings. The van der Waals surface area contributed by atoms with E-state index in [1.807, 2.05) is 31.2 Å². The van der Waals surface area contributed by atoms with Gasteiger partial charge in [-0.3, -0.25) is 0 Å². The van der Waals surface area contributed by atoms with Gasteiger partial charge >= 0.3 is 0 Å². The summed E-state index contributed by atoms with van der Waals surface area (Å²) in [5.41, 5.74) is 0. The SMILES string of the molecule is Cc1ccc(CCNc2ccc(Br)cn2)o1. The Morgan fingerprint density at radius 3 is 2.81 bits per heavy atom. The molecular weight excluding hydrogens is 268 g/mol. The summed E-state index contributed by atoms with van der Waals surface area (Å²) >= 11 is 3.35. The molecule has 16 heavy (non-hydrogen) atoms. The zero-order chi connectivity index (χ0) is 11.4. The highest BCUT2D eigenvalue weighted by Gasteiger charge is 1.98. The van der Waals surface area contributed by atoms with Gasteiger partial charge in [0.25, 0.3) is 0 Å². The van der Waals surface area contributed by atoms with Crippen LogP contribution in [0.5, 0.6) is 0 Å². The summed E-state index contributed by atoms with van der Waals surface area (Å²) in [5, 5.41) is 3.24. The molecule has 0 radical (unpaired) electrons. The molecule has 2 aromatic heterocycles. The topological polar surface area (TPSA) is 38.1 Å². The molecule has 1 N–H and O–H groups in total. The third kappa shape index (κ3) is 3.10. The van der Waals surface area contributed by atoms with Crippen LogP contribution in [0, 0.1) is 6.92 Å². The first-order valence-electron chi connectivity index (χ1n) is 5.15. The number of hydrogen-bond donors (Lipinski definition) is 1. The molecule has 0 saturated carbocycles. The normalized spacial score (nSPS) is 10.4. The van der Waals surface area contributed by atoms with Crippen molar-refractivity contribution >= 4 is 21.7 Å². The van der Waals surface area contributed by atoms with E-state index in [1.165, 1.54) is 0 Å². The van der Waals surface area contributed by atoms with E-state index in [0.29, 0.717) is 0 Å².